The number of hydrogen-bond donors (Lipinski definition) is 1. The van der Waals surface area contributed by atoms with Crippen molar-refractivity contribution in [3.05, 3.63) is 89.7 Å². The van der Waals surface area contributed by atoms with Gasteiger partial charge in [-0.3, -0.25) is 14.4 Å². The predicted octanol–water partition coefficient (Wildman–Crippen LogP) is 3.64. The van der Waals surface area contributed by atoms with Crippen LogP contribution in [0.4, 0.5) is 10.1 Å². The maximum atomic E-state index is 13.8. The van der Waals surface area contributed by atoms with Crippen molar-refractivity contribution in [1.82, 2.24) is 9.80 Å². The highest BCUT2D eigenvalue weighted by Gasteiger charge is 2.23. The second kappa shape index (κ2) is 10.9. The molecular formula is C26H28FN3O4S. The lowest BCUT2D eigenvalue weighted by Gasteiger charge is -2.34. The molecule has 1 N–H and O–H groups in total. The van der Waals surface area contributed by atoms with Crippen molar-refractivity contribution in [3.8, 4) is 5.75 Å². The van der Waals surface area contributed by atoms with Gasteiger partial charge in [-0.1, -0.05) is 24.3 Å². The van der Waals surface area contributed by atoms with Crippen LogP contribution >= 0.6 is 0 Å². The molecule has 184 valence electrons. The van der Waals surface area contributed by atoms with Crippen LogP contribution in [0, 0.1) is 5.82 Å². The number of anilines is 1. The number of piperazine rings is 1. The standard InChI is InChI=1S/C26H28FN3O4S/c1-34-22-10-6-20(7-11-22)14-15-29-16-18-30(19-17-29)26(31)21-8-12-23(13-9-21)35(32,33)28-25-5-3-2-4-24(25)27/h2-13,28H,14-19H2,1H3. The minimum atomic E-state index is -3.97. The second-order valence-corrected chi connectivity index (χ2v) is 10.0. The Morgan fingerprint density at radius 3 is 2.23 bits per heavy atom. The van der Waals surface area contributed by atoms with E-state index in [1.165, 1.54) is 48.0 Å². The Balaban J connectivity index is 1.30. The first-order chi connectivity index (χ1) is 16.9. The van der Waals surface area contributed by atoms with Crippen molar-refractivity contribution in [1.29, 1.82) is 0 Å². The van der Waals surface area contributed by atoms with Gasteiger partial charge in [0.2, 0.25) is 0 Å². The number of para-hydroxylation sites is 1. The van der Waals surface area contributed by atoms with Crippen LogP contribution in [0.2, 0.25) is 0 Å². The molecule has 4 rings (SSSR count). The highest BCUT2D eigenvalue weighted by atomic mass is 32.2. The van der Waals surface area contributed by atoms with Gasteiger partial charge in [0, 0.05) is 38.3 Å². The van der Waals surface area contributed by atoms with Crippen molar-refractivity contribution in [2.75, 3.05) is 44.6 Å². The van der Waals surface area contributed by atoms with Crippen molar-refractivity contribution in [3.63, 3.8) is 0 Å². The highest BCUT2D eigenvalue weighted by molar-refractivity contribution is 7.92. The summed E-state index contributed by atoms with van der Waals surface area (Å²) in [5.41, 5.74) is 1.53. The fourth-order valence-corrected chi connectivity index (χ4v) is 5.03. The number of nitrogens with one attached hydrogen (secondary N) is 1. The van der Waals surface area contributed by atoms with Gasteiger partial charge >= 0.3 is 0 Å². The fourth-order valence-electron chi connectivity index (χ4n) is 3.96. The van der Waals surface area contributed by atoms with E-state index in [9.17, 15) is 17.6 Å². The first kappa shape index (κ1) is 24.7. The SMILES string of the molecule is COc1ccc(CCN2CCN(C(=O)c3ccc(S(=O)(=O)Nc4ccccc4F)cc3)CC2)cc1. The number of carbonyl (C=O) groups is 1. The van der Waals surface area contributed by atoms with E-state index in [1.54, 1.807) is 18.1 Å². The topological polar surface area (TPSA) is 79.0 Å². The van der Waals surface area contributed by atoms with Crippen LogP contribution in [-0.2, 0) is 16.4 Å². The minimum absolute atomic E-state index is 0.0411. The summed E-state index contributed by atoms with van der Waals surface area (Å²) in [6, 6.07) is 19.3. The molecule has 0 aromatic heterocycles. The fraction of sp³-hybridized carbons (Fsp3) is 0.269. The molecule has 1 amide bonds. The molecule has 0 radical (unpaired) electrons. The first-order valence-electron chi connectivity index (χ1n) is 11.4. The summed E-state index contributed by atoms with van der Waals surface area (Å²) in [5, 5.41) is 0. The van der Waals surface area contributed by atoms with Gasteiger partial charge in [0.25, 0.3) is 15.9 Å². The summed E-state index contributed by atoms with van der Waals surface area (Å²) in [5.74, 6) is 0.0460. The van der Waals surface area contributed by atoms with E-state index >= 15 is 0 Å². The Morgan fingerprint density at radius 1 is 0.943 bits per heavy atom. The van der Waals surface area contributed by atoms with Crippen molar-refractivity contribution < 1.29 is 22.3 Å². The highest BCUT2D eigenvalue weighted by Crippen LogP contribution is 2.20. The van der Waals surface area contributed by atoms with Crippen LogP contribution in [0.5, 0.6) is 5.75 Å². The van der Waals surface area contributed by atoms with Crippen LogP contribution in [0.25, 0.3) is 0 Å². The lowest BCUT2D eigenvalue weighted by Crippen LogP contribution is -2.49. The number of amides is 1. The van der Waals surface area contributed by atoms with Gasteiger partial charge < -0.3 is 9.64 Å². The number of nitrogens with zero attached hydrogens (tertiary/aromatic N) is 2. The molecule has 9 heteroatoms. The van der Waals surface area contributed by atoms with Crippen LogP contribution in [0.3, 0.4) is 0 Å². The molecule has 1 aliphatic rings. The normalized spacial score (nSPS) is 14.5. The third-order valence-corrected chi connectivity index (χ3v) is 7.45. The number of hydrogen-bond acceptors (Lipinski definition) is 5. The van der Waals surface area contributed by atoms with E-state index < -0.39 is 15.8 Å². The molecule has 1 saturated heterocycles. The number of halogens is 1. The Morgan fingerprint density at radius 2 is 1.60 bits per heavy atom. The Kier molecular flexibility index (Phi) is 7.67. The van der Waals surface area contributed by atoms with Crippen molar-refractivity contribution in [2.45, 2.75) is 11.3 Å². The number of benzene rings is 3. The molecule has 3 aromatic carbocycles. The van der Waals surface area contributed by atoms with E-state index in [0.717, 1.165) is 31.8 Å². The number of sulfonamides is 1. The zero-order valence-electron chi connectivity index (χ0n) is 19.5. The molecular weight excluding hydrogens is 469 g/mol. The van der Waals surface area contributed by atoms with Crippen LogP contribution in [0.1, 0.15) is 15.9 Å². The maximum Gasteiger partial charge on any atom is 0.261 e. The Bertz CT molecular complexity index is 1260. The van der Waals surface area contributed by atoms with E-state index in [4.69, 9.17) is 4.74 Å². The molecule has 1 heterocycles. The second-order valence-electron chi connectivity index (χ2n) is 8.34. The monoisotopic (exact) mass is 497 g/mol. The van der Waals surface area contributed by atoms with E-state index in [2.05, 4.69) is 21.8 Å². The smallest absolute Gasteiger partial charge is 0.261 e. The largest absolute Gasteiger partial charge is 0.497 e. The summed E-state index contributed by atoms with van der Waals surface area (Å²) in [6.07, 6.45) is 0.925. The zero-order valence-corrected chi connectivity index (χ0v) is 20.3. The first-order valence-corrected chi connectivity index (χ1v) is 12.9. The van der Waals surface area contributed by atoms with Crippen LogP contribution < -0.4 is 9.46 Å². The van der Waals surface area contributed by atoms with Gasteiger partial charge in [-0.2, -0.15) is 0 Å². The van der Waals surface area contributed by atoms with E-state index in [0.29, 0.717) is 18.7 Å². The molecule has 0 atom stereocenters. The van der Waals surface area contributed by atoms with Gasteiger partial charge in [0.1, 0.15) is 11.6 Å². The van der Waals surface area contributed by atoms with Gasteiger partial charge in [-0.25, -0.2) is 12.8 Å². The predicted molar refractivity (Wildman–Crippen MR) is 133 cm³/mol. The summed E-state index contributed by atoms with van der Waals surface area (Å²) >= 11 is 0. The number of carbonyl (C=O) groups excluding carboxylic acids is 1. The lowest BCUT2D eigenvalue weighted by molar-refractivity contribution is 0.0638. The summed E-state index contributed by atoms with van der Waals surface area (Å²) in [4.78, 5) is 17.0. The molecule has 1 aliphatic heterocycles. The number of rotatable bonds is 8. The average molecular weight is 498 g/mol. The Labute approximate surface area is 205 Å². The molecule has 7 nitrogen and oxygen atoms in total. The lowest BCUT2D eigenvalue weighted by atomic mass is 10.1. The number of ether oxygens (including phenoxy) is 1. The maximum absolute atomic E-state index is 13.8. The summed E-state index contributed by atoms with van der Waals surface area (Å²) < 4.78 is 46.4. The van der Waals surface area contributed by atoms with Gasteiger partial charge in [-0.15, -0.1) is 0 Å². The van der Waals surface area contributed by atoms with Crippen molar-refractivity contribution in [2.24, 2.45) is 0 Å². The van der Waals surface area contributed by atoms with Crippen LogP contribution in [-0.4, -0.2) is 64.0 Å². The molecule has 0 aliphatic carbocycles. The molecule has 35 heavy (non-hydrogen) atoms. The molecule has 1 fully saturated rings. The van der Waals surface area contributed by atoms with Gasteiger partial charge in [0.05, 0.1) is 17.7 Å². The van der Waals surface area contributed by atoms with E-state index in [-0.39, 0.29) is 16.5 Å². The third-order valence-electron chi connectivity index (χ3n) is 6.07. The van der Waals surface area contributed by atoms with Gasteiger partial charge in [-0.05, 0) is 60.5 Å². The average Bonchev–Trinajstić information content (AvgIpc) is 2.89. The Hall–Kier alpha value is -3.43. The van der Waals surface area contributed by atoms with Gasteiger partial charge in [0.15, 0.2) is 0 Å². The summed E-state index contributed by atoms with van der Waals surface area (Å²) in [6.45, 7) is 3.68. The quantitative estimate of drug-likeness (QED) is 0.514. The molecule has 0 spiro atoms. The van der Waals surface area contributed by atoms with Crippen molar-refractivity contribution >= 4 is 21.6 Å². The zero-order chi connectivity index (χ0) is 24.8. The van der Waals surface area contributed by atoms with E-state index in [1.807, 2.05) is 12.1 Å². The molecule has 3 aromatic rings. The molecule has 0 bridgehead atoms. The number of methoxy groups -OCH3 is 1. The third kappa shape index (κ3) is 6.17. The minimum Gasteiger partial charge on any atom is -0.497 e. The molecule has 0 unspecified atom stereocenters. The van der Waals surface area contributed by atoms with Crippen LogP contribution in [0.15, 0.2) is 77.7 Å². The summed E-state index contributed by atoms with van der Waals surface area (Å²) in [7, 11) is -2.32. The molecule has 0 saturated carbocycles.